The highest BCUT2D eigenvalue weighted by atomic mass is 19.1. The molecule has 0 radical (unpaired) electrons. The summed E-state index contributed by atoms with van der Waals surface area (Å²) in [6.07, 6.45) is 1.66. The van der Waals surface area contributed by atoms with Crippen molar-refractivity contribution in [2.45, 2.75) is 13.1 Å². The molecular formula is C22H25FN4O2. The Morgan fingerprint density at radius 2 is 1.72 bits per heavy atom. The molecule has 4 rings (SSSR count). The largest absolute Gasteiger partial charge is 0.495 e. The van der Waals surface area contributed by atoms with E-state index in [1.165, 1.54) is 12.1 Å². The molecule has 1 fully saturated rings. The molecule has 3 heterocycles. The number of hydrogen-bond donors (Lipinski definition) is 0. The number of hydrogen-bond acceptors (Lipinski definition) is 5. The van der Waals surface area contributed by atoms with Gasteiger partial charge in [-0.1, -0.05) is 12.1 Å². The van der Waals surface area contributed by atoms with E-state index in [1.54, 1.807) is 30.0 Å². The van der Waals surface area contributed by atoms with E-state index in [1.807, 2.05) is 18.2 Å². The molecule has 3 aromatic rings. The number of aromatic nitrogens is 2. The van der Waals surface area contributed by atoms with E-state index in [0.29, 0.717) is 12.3 Å². The van der Waals surface area contributed by atoms with Gasteiger partial charge in [-0.2, -0.15) is 0 Å². The van der Waals surface area contributed by atoms with E-state index in [9.17, 15) is 9.18 Å². The molecule has 1 aliphatic rings. The smallest absolute Gasteiger partial charge is 0.251 e. The van der Waals surface area contributed by atoms with Crippen molar-refractivity contribution in [3.8, 4) is 5.75 Å². The standard InChI is InChI=1S/C22H25FN4O2/c1-29-19-14-21-20(24-15-19)6-7-22(28)27(21)13-12-25-8-10-26(11-9-25)16-17-2-4-18(23)5-3-17/h2-7,14-15H,8-13,16H2,1H3. The summed E-state index contributed by atoms with van der Waals surface area (Å²) in [6, 6.07) is 11.9. The van der Waals surface area contributed by atoms with Crippen molar-refractivity contribution < 1.29 is 9.13 Å². The molecule has 1 saturated heterocycles. The van der Waals surface area contributed by atoms with Crippen molar-refractivity contribution in [1.82, 2.24) is 19.4 Å². The van der Waals surface area contributed by atoms with Gasteiger partial charge in [-0.3, -0.25) is 19.6 Å². The van der Waals surface area contributed by atoms with Crippen LogP contribution in [-0.4, -0.2) is 59.2 Å². The Kier molecular flexibility index (Phi) is 5.87. The molecule has 0 atom stereocenters. The molecule has 1 aromatic carbocycles. The number of fused-ring (bicyclic) bond motifs is 1. The average molecular weight is 396 g/mol. The van der Waals surface area contributed by atoms with E-state index in [0.717, 1.165) is 55.9 Å². The van der Waals surface area contributed by atoms with Crippen molar-refractivity contribution >= 4 is 11.0 Å². The van der Waals surface area contributed by atoms with Crippen molar-refractivity contribution in [2.24, 2.45) is 0 Å². The van der Waals surface area contributed by atoms with Gasteiger partial charge in [0.05, 0.1) is 24.3 Å². The summed E-state index contributed by atoms with van der Waals surface area (Å²) in [6.45, 7) is 6.06. The minimum Gasteiger partial charge on any atom is -0.495 e. The second-order valence-corrected chi connectivity index (χ2v) is 7.35. The maximum atomic E-state index is 13.1. The lowest BCUT2D eigenvalue weighted by atomic mass is 10.2. The van der Waals surface area contributed by atoms with Crippen LogP contribution in [0.1, 0.15) is 5.56 Å². The molecule has 0 aliphatic carbocycles. The van der Waals surface area contributed by atoms with Crippen LogP contribution in [0.5, 0.6) is 5.75 Å². The first-order chi connectivity index (χ1) is 14.1. The third-order valence-electron chi connectivity index (χ3n) is 5.47. The Balaban J connectivity index is 1.36. The molecule has 7 heteroatoms. The van der Waals surface area contributed by atoms with Crippen LogP contribution in [0.2, 0.25) is 0 Å². The zero-order valence-corrected chi connectivity index (χ0v) is 16.6. The summed E-state index contributed by atoms with van der Waals surface area (Å²) in [4.78, 5) is 21.6. The summed E-state index contributed by atoms with van der Waals surface area (Å²) in [7, 11) is 1.60. The highest BCUT2D eigenvalue weighted by molar-refractivity contribution is 5.75. The van der Waals surface area contributed by atoms with Gasteiger partial charge >= 0.3 is 0 Å². The van der Waals surface area contributed by atoms with E-state index >= 15 is 0 Å². The maximum absolute atomic E-state index is 13.1. The fourth-order valence-electron chi connectivity index (χ4n) is 3.75. The molecule has 0 saturated carbocycles. The van der Waals surface area contributed by atoms with Crippen LogP contribution < -0.4 is 10.3 Å². The van der Waals surface area contributed by atoms with Crippen LogP contribution in [0, 0.1) is 5.82 Å². The van der Waals surface area contributed by atoms with Gasteiger partial charge in [-0.05, 0) is 23.8 Å². The molecule has 0 bridgehead atoms. The number of ether oxygens (including phenoxy) is 1. The van der Waals surface area contributed by atoms with Gasteiger partial charge in [0.25, 0.3) is 5.56 Å². The van der Waals surface area contributed by atoms with Gasteiger partial charge in [-0.25, -0.2) is 4.39 Å². The fraction of sp³-hybridized carbons (Fsp3) is 0.364. The molecule has 0 unspecified atom stereocenters. The molecule has 6 nitrogen and oxygen atoms in total. The zero-order valence-electron chi connectivity index (χ0n) is 16.6. The summed E-state index contributed by atoms with van der Waals surface area (Å²) in [5.41, 5.74) is 2.69. The highest BCUT2D eigenvalue weighted by Gasteiger charge is 2.17. The van der Waals surface area contributed by atoms with Gasteiger partial charge in [0, 0.05) is 57.9 Å². The molecule has 0 N–H and O–H groups in total. The number of pyridine rings is 2. The zero-order chi connectivity index (χ0) is 20.2. The lowest BCUT2D eigenvalue weighted by molar-refractivity contribution is 0.124. The van der Waals surface area contributed by atoms with E-state index in [-0.39, 0.29) is 11.4 Å². The van der Waals surface area contributed by atoms with E-state index in [4.69, 9.17) is 4.74 Å². The fourth-order valence-corrected chi connectivity index (χ4v) is 3.75. The lowest BCUT2D eigenvalue weighted by Crippen LogP contribution is -2.47. The third-order valence-corrected chi connectivity index (χ3v) is 5.47. The Labute approximate surface area is 169 Å². The monoisotopic (exact) mass is 396 g/mol. The van der Waals surface area contributed by atoms with Crippen molar-refractivity contribution in [3.05, 3.63) is 70.4 Å². The van der Waals surface area contributed by atoms with Crippen LogP contribution in [0.15, 0.2) is 53.5 Å². The predicted molar refractivity (Wildman–Crippen MR) is 111 cm³/mol. The molecule has 2 aromatic heterocycles. The van der Waals surface area contributed by atoms with Crippen molar-refractivity contribution in [2.75, 3.05) is 39.8 Å². The maximum Gasteiger partial charge on any atom is 0.251 e. The van der Waals surface area contributed by atoms with Gasteiger partial charge in [0.2, 0.25) is 0 Å². The van der Waals surface area contributed by atoms with Crippen LogP contribution >= 0.6 is 0 Å². The SMILES string of the molecule is COc1cnc2ccc(=O)n(CCN3CCN(Cc4ccc(F)cc4)CC3)c2c1. The van der Waals surface area contributed by atoms with E-state index < -0.39 is 0 Å². The van der Waals surface area contributed by atoms with Gasteiger partial charge in [0.1, 0.15) is 11.6 Å². The quantitative estimate of drug-likeness (QED) is 0.640. The Morgan fingerprint density at radius 1 is 1.00 bits per heavy atom. The normalized spacial score (nSPS) is 15.7. The summed E-state index contributed by atoms with van der Waals surface area (Å²) < 4.78 is 20.1. The predicted octanol–water partition coefficient (Wildman–Crippen LogP) is 2.36. The number of nitrogens with zero attached hydrogens (tertiary/aromatic N) is 4. The Bertz CT molecular complexity index is 1030. The Hall–Kier alpha value is -2.77. The van der Waals surface area contributed by atoms with Gasteiger partial charge < -0.3 is 9.30 Å². The lowest BCUT2D eigenvalue weighted by Gasteiger charge is -2.34. The van der Waals surface area contributed by atoms with Gasteiger partial charge in [-0.15, -0.1) is 0 Å². The second-order valence-electron chi connectivity index (χ2n) is 7.35. The summed E-state index contributed by atoms with van der Waals surface area (Å²) >= 11 is 0. The first-order valence-corrected chi connectivity index (χ1v) is 9.85. The van der Waals surface area contributed by atoms with Crippen LogP contribution in [0.4, 0.5) is 4.39 Å². The number of benzene rings is 1. The molecule has 0 amide bonds. The molecule has 152 valence electrons. The summed E-state index contributed by atoms with van der Waals surface area (Å²) in [5.74, 6) is 0.446. The number of rotatable bonds is 6. The highest BCUT2D eigenvalue weighted by Crippen LogP contribution is 2.17. The first kappa shape index (κ1) is 19.5. The minimum absolute atomic E-state index is 0.0255. The molecule has 0 spiro atoms. The van der Waals surface area contributed by atoms with Crippen molar-refractivity contribution in [1.29, 1.82) is 0 Å². The van der Waals surface area contributed by atoms with Crippen LogP contribution in [0.3, 0.4) is 0 Å². The minimum atomic E-state index is -0.199. The molecule has 1 aliphatic heterocycles. The molecule has 29 heavy (non-hydrogen) atoms. The second kappa shape index (κ2) is 8.71. The molecular weight excluding hydrogens is 371 g/mol. The first-order valence-electron chi connectivity index (χ1n) is 9.85. The third kappa shape index (κ3) is 4.63. The number of methoxy groups -OCH3 is 1. The summed E-state index contributed by atoms with van der Waals surface area (Å²) in [5, 5.41) is 0. The Morgan fingerprint density at radius 3 is 2.45 bits per heavy atom. The van der Waals surface area contributed by atoms with Crippen LogP contribution in [0.25, 0.3) is 11.0 Å². The van der Waals surface area contributed by atoms with Crippen molar-refractivity contribution in [3.63, 3.8) is 0 Å². The average Bonchev–Trinajstić information content (AvgIpc) is 2.75. The topological polar surface area (TPSA) is 50.6 Å². The van der Waals surface area contributed by atoms with Gasteiger partial charge in [0.15, 0.2) is 0 Å². The number of piperazine rings is 1. The number of halogens is 1. The van der Waals surface area contributed by atoms with Crippen LogP contribution in [-0.2, 0) is 13.1 Å². The van der Waals surface area contributed by atoms with E-state index in [2.05, 4.69) is 14.8 Å².